The number of benzene rings is 4. The molecule has 0 radical (unpaired) electrons. The number of hydrogen-bond acceptors (Lipinski definition) is 0. The van der Waals surface area contributed by atoms with Crippen molar-refractivity contribution in [2.75, 3.05) is 0 Å². The van der Waals surface area contributed by atoms with Gasteiger partial charge < -0.3 is 0 Å². The highest BCUT2D eigenvalue weighted by Gasteiger charge is 2.47. The van der Waals surface area contributed by atoms with E-state index in [1.165, 1.54) is 133 Å². The molecular weight excluding hydrogens is 637 g/mol. The molecule has 2 aliphatic carbocycles. The molecule has 0 N–H and O–H groups in total. The van der Waals surface area contributed by atoms with Gasteiger partial charge in [0.05, 0.1) is 0 Å². The van der Waals surface area contributed by atoms with Crippen molar-refractivity contribution in [1.29, 1.82) is 0 Å². The second-order valence-electron chi connectivity index (χ2n) is 17.6. The first-order valence-electron chi connectivity index (χ1n) is 21.0. The first-order valence-corrected chi connectivity index (χ1v) is 21.0. The van der Waals surface area contributed by atoms with Gasteiger partial charge in [-0.2, -0.15) is 0 Å². The summed E-state index contributed by atoms with van der Waals surface area (Å²) < 4.78 is 0. The van der Waals surface area contributed by atoms with Gasteiger partial charge in [-0.25, -0.2) is 0 Å². The molecule has 0 unspecified atom stereocenters. The highest BCUT2D eigenvalue weighted by molar-refractivity contribution is 6.37. The minimum Gasteiger partial charge on any atom is -0.103 e. The van der Waals surface area contributed by atoms with E-state index in [9.17, 15) is 0 Å². The van der Waals surface area contributed by atoms with Gasteiger partial charge in [0, 0.05) is 5.41 Å². The quantitative estimate of drug-likeness (QED) is 0.0805. The maximum absolute atomic E-state index is 4.16. The lowest BCUT2D eigenvalue weighted by molar-refractivity contribution is 0.608. The van der Waals surface area contributed by atoms with Crippen molar-refractivity contribution >= 4 is 33.1 Å². The number of hydrogen-bond donors (Lipinski definition) is 0. The van der Waals surface area contributed by atoms with Crippen LogP contribution in [0.15, 0.2) is 79.9 Å². The summed E-state index contributed by atoms with van der Waals surface area (Å²) in [5, 5.41) is 2.92. The van der Waals surface area contributed by atoms with E-state index in [0.29, 0.717) is 17.8 Å². The van der Waals surface area contributed by atoms with Crippen molar-refractivity contribution in [3.63, 3.8) is 0 Å². The average molecular weight is 703 g/mol. The fraction of sp³-hybridized carbons (Fsp3) is 0.434. The average Bonchev–Trinajstić information content (AvgIpc) is 3.55. The van der Waals surface area contributed by atoms with Gasteiger partial charge >= 0.3 is 0 Å². The van der Waals surface area contributed by atoms with Gasteiger partial charge in [-0.3, -0.25) is 0 Å². The molecule has 0 atom stereocenters. The fourth-order valence-electron chi connectivity index (χ4n) is 9.96. The van der Waals surface area contributed by atoms with Crippen LogP contribution in [0.4, 0.5) is 0 Å². The van der Waals surface area contributed by atoms with E-state index < -0.39 is 0 Å². The zero-order chi connectivity index (χ0) is 38.2. The Labute approximate surface area is 323 Å². The molecule has 278 valence electrons. The highest BCUT2D eigenvalue weighted by atomic mass is 14.5. The summed E-state index contributed by atoms with van der Waals surface area (Å²) in [6.45, 7) is 32.3. The molecular formula is C53H66. The number of unbranched alkanes of at least 4 members (excludes halogenated alkanes) is 5. The Hall–Kier alpha value is -3.90. The normalized spacial score (nSPS) is 14.8. The summed E-state index contributed by atoms with van der Waals surface area (Å²) in [7, 11) is 0. The lowest BCUT2D eigenvalue weighted by atomic mass is 9.68. The molecule has 53 heavy (non-hydrogen) atoms. The molecule has 0 fully saturated rings. The van der Waals surface area contributed by atoms with Crippen LogP contribution in [0.2, 0.25) is 0 Å². The van der Waals surface area contributed by atoms with Crippen molar-refractivity contribution < 1.29 is 0 Å². The zero-order valence-electron chi connectivity index (χ0n) is 34.9. The van der Waals surface area contributed by atoms with Gasteiger partial charge in [-0.05, 0) is 145 Å². The van der Waals surface area contributed by atoms with E-state index in [2.05, 4.69) is 143 Å². The molecule has 0 aromatic heterocycles. The summed E-state index contributed by atoms with van der Waals surface area (Å²) in [6.07, 6.45) is 15.0. The molecule has 2 aliphatic rings. The van der Waals surface area contributed by atoms with Crippen molar-refractivity contribution in [3.05, 3.63) is 141 Å². The van der Waals surface area contributed by atoms with Gasteiger partial charge in [-0.15, -0.1) is 13.2 Å². The minimum absolute atomic E-state index is 0.231. The Morgan fingerprint density at radius 3 is 1.94 bits per heavy atom. The Bertz CT molecular complexity index is 2100. The van der Waals surface area contributed by atoms with E-state index in [-0.39, 0.29) is 5.41 Å². The molecule has 0 saturated heterocycles. The standard InChI is InChI=1S/C53H66/c1-13-16-17-18-19-20-24-38-28-30-43-47-40(38)25-21-26-42(47)48-49(43)52(50-45(34(6)7)32-39(23-15-3)36(10)46(50)35(8)9)53(11,12)51(48)41-29-27-37(22-14-2)31-44(41)33(4)5/h14-15,21,25-35H,2-3,13,16-20,22-24H2,1,4-12H3. The van der Waals surface area contributed by atoms with Crippen molar-refractivity contribution in [2.24, 2.45) is 5.41 Å². The van der Waals surface area contributed by atoms with Crippen LogP contribution < -0.4 is 0 Å². The first-order chi connectivity index (χ1) is 25.4. The van der Waals surface area contributed by atoms with Gasteiger partial charge in [0.15, 0.2) is 0 Å². The van der Waals surface area contributed by atoms with Gasteiger partial charge in [-0.1, -0.05) is 161 Å². The topological polar surface area (TPSA) is 0 Å². The predicted molar refractivity (Wildman–Crippen MR) is 236 cm³/mol. The molecule has 0 nitrogen and oxygen atoms in total. The Balaban J connectivity index is 1.70. The van der Waals surface area contributed by atoms with Gasteiger partial charge in [0.1, 0.15) is 0 Å². The van der Waals surface area contributed by atoms with E-state index >= 15 is 0 Å². The van der Waals surface area contributed by atoms with E-state index in [4.69, 9.17) is 0 Å². The molecule has 0 saturated carbocycles. The Kier molecular flexibility index (Phi) is 11.6. The number of allylic oxidation sites excluding steroid dienone is 6. The SMILES string of the molecule is C=CCc1ccc(C2=C3C(=C(c4c(C(C)C)cc(CC=C)c(C)c4C(C)C)C2(C)C)c2ccc(CCCCCCCC)c4cccc3c24)c(C(C)C)c1. The van der Waals surface area contributed by atoms with Crippen LogP contribution in [-0.2, 0) is 19.3 Å². The van der Waals surface area contributed by atoms with E-state index in [1.807, 2.05) is 6.08 Å². The van der Waals surface area contributed by atoms with Crippen molar-refractivity contribution in [1.82, 2.24) is 0 Å². The van der Waals surface area contributed by atoms with Crippen LogP contribution >= 0.6 is 0 Å². The third kappa shape index (κ3) is 6.86. The van der Waals surface area contributed by atoms with Gasteiger partial charge in [0.2, 0.25) is 0 Å². The lowest BCUT2D eigenvalue weighted by Crippen LogP contribution is -2.19. The number of rotatable bonds is 16. The second kappa shape index (κ2) is 15.8. The largest absolute Gasteiger partial charge is 0.103 e. The molecule has 4 aromatic carbocycles. The smallest absolute Gasteiger partial charge is 0.0171 e. The number of aryl methyl sites for hydroxylation is 1. The summed E-state index contributed by atoms with van der Waals surface area (Å²) in [6, 6.07) is 22.0. The van der Waals surface area contributed by atoms with E-state index in [0.717, 1.165) is 19.3 Å². The minimum atomic E-state index is -0.231. The second-order valence-corrected chi connectivity index (χ2v) is 17.6. The third-order valence-corrected chi connectivity index (χ3v) is 12.4. The van der Waals surface area contributed by atoms with Crippen LogP contribution in [0, 0.1) is 12.3 Å². The first kappa shape index (κ1) is 38.8. The predicted octanol–water partition coefficient (Wildman–Crippen LogP) is 15.8. The molecule has 4 aromatic rings. The van der Waals surface area contributed by atoms with Crippen LogP contribution in [0.25, 0.3) is 33.1 Å². The maximum atomic E-state index is 4.16. The summed E-state index contributed by atoms with van der Waals surface area (Å²) >= 11 is 0. The van der Waals surface area contributed by atoms with Crippen molar-refractivity contribution in [2.45, 2.75) is 145 Å². The summed E-state index contributed by atoms with van der Waals surface area (Å²) in [5.41, 5.74) is 21.6. The summed E-state index contributed by atoms with van der Waals surface area (Å²) in [4.78, 5) is 0. The Morgan fingerprint density at radius 2 is 1.28 bits per heavy atom. The lowest BCUT2D eigenvalue weighted by Gasteiger charge is -2.35. The Morgan fingerprint density at radius 1 is 0.642 bits per heavy atom. The highest BCUT2D eigenvalue weighted by Crippen LogP contribution is 2.66. The van der Waals surface area contributed by atoms with Crippen LogP contribution in [0.5, 0.6) is 0 Å². The molecule has 0 heteroatoms. The third-order valence-electron chi connectivity index (χ3n) is 12.4. The molecule has 0 aliphatic heterocycles. The molecule has 6 rings (SSSR count). The maximum Gasteiger partial charge on any atom is 0.0171 e. The zero-order valence-corrected chi connectivity index (χ0v) is 34.9. The summed E-state index contributed by atoms with van der Waals surface area (Å²) in [5.74, 6) is 1.17. The molecule has 0 amide bonds. The number of fused-ring (bicyclic) bond motifs is 3. The monoisotopic (exact) mass is 703 g/mol. The molecule has 0 bridgehead atoms. The van der Waals surface area contributed by atoms with Crippen LogP contribution in [0.1, 0.15) is 180 Å². The van der Waals surface area contributed by atoms with Crippen LogP contribution in [0.3, 0.4) is 0 Å². The molecule has 0 heterocycles. The van der Waals surface area contributed by atoms with E-state index in [1.54, 1.807) is 0 Å². The van der Waals surface area contributed by atoms with Gasteiger partial charge in [0.25, 0.3) is 0 Å². The fourth-order valence-corrected chi connectivity index (χ4v) is 9.96. The van der Waals surface area contributed by atoms with Crippen LogP contribution in [-0.4, -0.2) is 0 Å². The van der Waals surface area contributed by atoms with Crippen molar-refractivity contribution in [3.8, 4) is 0 Å². The molecule has 0 spiro atoms.